The van der Waals surface area contributed by atoms with E-state index in [2.05, 4.69) is 0 Å². The number of halogens is 2. The van der Waals surface area contributed by atoms with Crippen LogP contribution in [-0.4, -0.2) is 34.5 Å². The smallest absolute Gasteiger partial charge is 0.326 e. The van der Waals surface area contributed by atoms with Gasteiger partial charge in [0, 0.05) is 13.0 Å². The maximum atomic E-state index is 13.0. The number of hydrogen-bond acceptors (Lipinski definition) is 2. The first-order valence-corrected chi connectivity index (χ1v) is 6.95. The van der Waals surface area contributed by atoms with Crippen LogP contribution in [0.25, 0.3) is 0 Å². The number of likely N-dealkylation sites (tertiary alicyclic amines) is 1. The first kappa shape index (κ1) is 15.4. The number of carbonyl (C=O) groups is 2. The molecule has 4 nitrogen and oxygen atoms in total. The van der Waals surface area contributed by atoms with E-state index >= 15 is 0 Å². The summed E-state index contributed by atoms with van der Waals surface area (Å²) in [6, 6.07) is 2.95. The van der Waals surface area contributed by atoms with Crippen LogP contribution in [0.4, 0.5) is 8.78 Å². The third-order valence-electron chi connectivity index (χ3n) is 3.70. The second-order valence-corrected chi connectivity index (χ2v) is 5.19. The van der Waals surface area contributed by atoms with Crippen molar-refractivity contribution in [2.24, 2.45) is 0 Å². The second-order valence-electron chi connectivity index (χ2n) is 5.19. The molecule has 1 aromatic carbocycles. The Kier molecular flexibility index (Phi) is 4.88. The molecule has 1 N–H and O–H groups in total. The number of carboxylic acid groups (broad SMARTS) is 1. The highest BCUT2D eigenvalue weighted by atomic mass is 19.2. The van der Waals surface area contributed by atoms with Gasteiger partial charge in [0.2, 0.25) is 5.91 Å². The Morgan fingerprint density at radius 2 is 2.05 bits per heavy atom. The van der Waals surface area contributed by atoms with Gasteiger partial charge < -0.3 is 10.0 Å². The molecule has 1 heterocycles. The average molecular weight is 297 g/mol. The molecule has 0 aromatic heterocycles. The predicted octanol–water partition coefficient (Wildman–Crippen LogP) is 2.36. The topological polar surface area (TPSA) is 57.6 Å². The number of carbonyl (C=O) groups excluding carboxylic acids is 1. The zero-order valence-corrected chi connectivity index (χ0v) is 11.5. The maximum Gasteiger partial charge on any atom is 0.326 e. The van der Waals surface area contributed by atoms with E-state index in [0.29, 0.717) is 37.8 Å². The Balaban J connectivity index is 1.84. The van der Waals surface area contributed by atoms with E-state index in [9.17, 15) is 18.4 Å². The average Bonchev–Trinajstić information content (AvgIpc) is 2.92. The summed E-state index contributed by atoms with van der Waals surface area (Å²) in [5, 5.41) is 9.02. The van der Waals surface area contributed by atoms with Crippen molar-refractivity contribution in [2.45, 2.75) is 38.1 Å². The van der Waals surface area contributed by atoms with Crippen LogP contribution < -0.4 is 0 Å². The van der Waals surface area contributed by atoms with Crippen LogP contribution in [0.3, 0.4) is 0 Å². The van der Waals surface area contributed by atoms with Crippen LogP contribution in [0.15, 0.2) is 18.2 Å². The van der Waals surface area contributed by atoms with E-state index in [1.165, 1.54) is 11.0 Å². The standard InChI is InChI=1S/C15H17F2NO3/c16-11-7-6-10(9-12(11)17)3-1-5-14(19)18-8-2-4-13(18)15(20)21/h6-7,9,13H,1-5,8H2,(H,20,21). The van der Waals surface area contributed by atoms with Crippen LogP contribution in [0.5, 0.6) is 0 Å². The van der Waals surface area contributed by atoms with Gasteiger partial charge in [-0.25, -0.2) is 13.6 Å². The number of rotatable bonds is 5. The molecule has 0 bridgehead atoms. The van der Waals surface area contributed by atoms with Gasteiger partial charge in [0.1, 0.15) is 6.04 Å². The van der Waals surface area contributed by atoms with Crippen molar-refractivity contribution in [1.82, 2.24) is 4.90 Å². The lowest BCUT2D eigenvalue weighted by molar-refractivity contribution is -0.148. The molecular formula is C15H17F2NO3. The van der Waals surface area contributed by atoms with Crippen molar-refractivity contribution in [1.29, 1.82) is 0 Å². The molecule has 2 rings (SSSR count). The molecule has 1 aliphatic heterocycles. The summed E-state index contributed by atoms with van der Waals surface area (Å²) in [5.41, 5.74) is 0.623. The summed E-state index contributed by atoms with van der Waals surface area (Å²) in [6.07, 6.45) is 2.33. The lowest BCUT2D eigenvalue weighted by atomic mass is 10.1. The molecule has 0 aliphatic carbocycles. The number of hydrogen-bond donors (Lipinski definition) is 1. The van der Waals surface area contributed by atoms with Gasteiger partial charge in [0.15, 0.2) is 11.6 Å². The number of carboxylic acids is 1. The monoisotopic (exact) mass is 297 g/mol. The zero-order valence-electron chi connectivity index (χ0n) is 11.5. The van der Waals surface area contributed by atoms with Gasteiger partial charge in [0.05, 0.1) is 0 Å². The minimum absolute atomic E-state index is 0.192. The first-order chi connectivity index (χ1) is 9.99. The molecule has 21 heavy (non-hydrogen) atoms. The van der Waals surface area contributed by atoms with Crippen molar-refractivity contribution in [2.75, 3.05) is 6.54 Å². The Morgan fingerprint density at radius 3 is 2.71 bits per heavy atom. The molecule has 1 aliphatic rings. The molecule has 0 saturated carbocycles. The van der Waals surface area contributed by atoms with E-state index < -0.39 is 23.6 Å². The van der Waals surface area contributed by atoms with E-state index in [1.54, 1.807) is 0 Å². The molecule has 1 aromatic rings. The van der Waals surface area contributed by atoms with E-state index in [1.807, 2.05) is 0 Å². The predicted molar refractivity (Wildman–Crippen MR) is 71.7 cm³/mol. The van der Waals surface area contributed by atoms with Gasteiger partial charge in [-0.05, 0) is 43.4 Å². The molecule has 0 radical (unpaired) electrons. The molecule has 1 unspecified atom stereocenters. The molecule has 6 heteroatoms. The van der Waals surface area contributed by atoms with Gasteiger partial charge >= 0.3 is 5.97 Å². The maximum absolute atomic E-state index is 13.0. The molecule has 1 saturated heterocycles. The fourth-order valence-corrected chi connectivity index (χ4v) is 2.60. The van der Waals surface area contributed by atoms with Crippen LogP contribution >= 0.6 is 0 Å². The summed E-state index contributed by atoms with van der Waals surface area (Å²) in [6.45, 7) is 0.473. The van der Waals surface area contributed by atoms with Gasteiger partial charge in [-0.2, -0.15) is 0 Å². The molecule has 1 fully saturated rings. The molecule has 1 amide bonds. The fraction of sp³-hybridized carbons (Fsp3) is 0.467. The van der Waals surface area contributed by atoms with E-state index in [4.69, 9.17) is 5.11 Å². The summed E-state index contributed by atoms with van der Waals surface area (Å²) in [5.74, 6) is -2.95. The Morgan fingerprint density at radius 1 is 1.29 bits per heavy atom. The largest absolute Gasteiger partial charge is 0.480 e. The van der Waals surface area contributed by atoms with Crippen LogP contribution in [0, 0.1) is 11.6 Å². The number of aliphatic carboxylic acids is 1. The Bertz CT molecular complexity index is 548. The number of aryl methyl sites for hydroxylation is 1. The molecule has 0 spiro atoms. The molecule has 1 atom stereocenters. The van der Waals surface area contributed by atoms with E-state index in [-0.39, 0.29) is 12.3 Å². The van der Waals surface area contributed by atoms with Crippen molar-refractivity contribution in [3.05, 3.63) is 35.4 Å². The molecule has 114 valence electrons. The van der Waals surface area contributed by atoms with Gasteiger partial charge in [0.25, 0.3) is 0 Å². The third kappa shape index (κ3) is 3.77. The first-order valence-electron chi connectivity index (χ1n) is 6.95. The summed E-state index contributed by atoms with van der Waals surface area (Å²) >= 11 is 0. The number of amides is 1. The van der Waals surface area contributed by atoms with Crippen molar-refractivity contribution in [3.8, 4) is 0 Å². The zero-order chi connectivity index (χ0) is 15.4. The normalized spacial score (nSPS) is 18.0. The number of nitrogens with zero attached hydrogens (tertiary/aromatic N) is 1. The highest BCUT2D eigenvalue weighted by Gasteiger charge is 2.33. The Hall–Kier alpha value is -1.98. The summed E-state index contributed by atoms with van der Waals surface area (Å²) in [7, 11) is 0. The van der Waals surface area contributed by atoms with Crippen molar-refractivity contribution >= 4 is 11.9 Å². The lowest BCUT2D eigenvalue weighted by Crippen LogP contribution is -2.40. The van der Waals surface area contributed by atoms with Gasteiger partial charge in [-0.3, -0.25) is 4.79 Å². The summed E-state index contributed by atoms with van der Waals surface area (Å²) in [4.78, 5) is 24.4. The highest BCUT2D eigenvalue weighted by molar-refractivity contribution is 5.84. The minimum Gasteiger partial charge on any atom is -0.480 e. The Labute approximate surface area is 121 Å². The van der Waals surface area contributed by atoms with E-state index in [0.717, 1.165) is 12.1 Å². The van der Waals surface area contributed by atoms with Gasteiger partial charge in [-0.15, -0.1) is 0 Å². The summed E-state index contributed by atoms with van der Waals surface area (Å²) < 4.78 is 25.8. The van der Waals surface area contributed by atoms with Crippen LogP contribution in [0.1, 0.15) is 31.2 Å². The van der Waals surface area contributed by atoms with Gasteiger partial charge in [-0.1, -0.05) is 6.07 Å². The quantitative estimate of drug-likeness (QED) is 0.907. The van der Waals surface area contributed by atoms with Crippen molar-refractivity contribution in [3.63, 3.8) is 0 Å². The van der Waals surface area contributed by atoms with Crippen LogP contribution in [-0.2, 0) is 16.0 Å². The fourth-order valence-electron chi connectivity index (χ4n) is 2.60. The number of benzene rings is 1. The highest BCUT2D eigenvalue weighted by Crippen LogP contribution is 2.19. The third-order valence-corrected chi connectivity index (χ3v) is 3.70. The minimum atomic E-state index is -0.971. The lowest BCUT2D eigenvalue weighted by Gasteiger charge is -2.21. The van der Waals surface area contributed by atoms with Crippen molar-refractivity contribution < 1.29 is 23.5 Å². The van der Waals surface area contributed by atoms with Crippen LogP contribution in [0.2, 0.25) is 0 Å². The molecular weight excluding hydrogens is 280 g/mol. The SMILES string of the molecule is O=C(O)C1CCCN1C(=O)CCCc1ccc(F)c(F)c1. The second kappa shape index (κ2) is 6.65.